The summed E-state index contributed by atoms with van der Waals surface area (Å²) < 4.78 is 14.2. The average Bonchev–Trinajstić information content (AvgIpc) is 3.10. The van der Waals surface area contributed by atoms with Gasteiger partial charge in [-0.2, -0.15) is 5.10 Å². The normalized spacial score (nSPS) is 16.6. The van der Waals surface area contributed by atoms with E-state index in [9.17, 15) is 9.50 Å². The zero-order valence-corrected chi connectivity index (χ0v) is 15.4. The molecule has 26 heavy (non-hydrogen) atoms. The molecule has 3 aromatic carbocycles. The summed E-state index contributed by atoms with van der Waals surface area (Å²) in [5.74, 6) is -0.0662. The topological polar surface area (TPSA) is 35.8 Å². The van der Waals surface area contributed by atoms with Gasteiger partial charge in [0.05, 0.1) is 17.4 Å². The fourth-order valence-electron chi connectivity index (χ4n) is 3.18. The second kappa shape index (κ2) is 6.92. The highest BCUT2D eigenvalue weighted by molar-refractivity contribution is 9.10. The molecule has 0 saturated carbocycles. The number of phenols is 1. The van der Waals surface area contributed by atoms with Crippen LogP contribution >= 0.6 is 15.9 Å². The molecule has 0 bridgehead atoms. The highest BCUT2D eigenvalue weighted by atomic mass is 79.9. The lowest BCUT2D eigenvalue weighted by atomic mass is 9.97. The number of para-hydroxylation sites is 1. The highest BCUT2D eigenvalue weighted by Crippen LogP contribution is 2.38. The quantitative estimate of drug-likeness (QED) is 0.605. The van der Waals surface area contributed by atoms with E-state index in [4.69, 9.17) is 5.10 Å². The van der Waals surface area contributed by atoms with Crippen molar-refractivity contribution < 1.29 is 9.50 Å². The molecule has 0 aromatic heterocycles. The minimum atomic E-state index is -0.260. The van der Waals surface area contributed by atoms with E-state index >= 15 is 0 Å². The molecule has 4 rings (SSSR count). The Balaban J connectivity index is 1.78. The van der Waals surface area contributed by atoms with Crippen molar-refractivity contribution in [1.29, 1.82) is 0 Å². The van der Waals surface area contributed by atoms with E-state index in [-0.39, 0.29) is 17.6 Å². The Bertz CT molecular complexity index is 958. The van der Waals surface area contributed by atoms with Crippen LogP contribution in [0.2, 0.25) is 0 Å². The number of hydrogen-bond acceptors (Lipinski definition) is 3. The zero-order valence-electron chi connectivity index (χ0n) is 13.8. The summed E-state index contributed by atoms with van der Waals surface area (Å²) in [6, 6.07) is 21.6. The first-order valence-corrected chi connectivity index (χ1v) is 9.07. The third kappa shape index (κ3) is 3.22. The number of rotatable bonds is 3. The molecule has 0 aliphatic carbocycles. The molecule has 0 spiro atoms. The van der Waals surface area contributed by atoms with E-state index in [1.807, 2.05) is 41.4 Å². The van der Waals surface area contributed by atoms with Crippen molar-refractivity contribution in [2.75, 3.05) is 5.01 Å². The van der Waals surface area contributed by atoms with Crippen molar-refractivity contribution in [3.8, 4) is 5.75 Å². The van der Waals surface area contributed by atoms with Gasteiger partial charge in [0, 0.05) is 16.5 Å². The van der Waals surface area contributed by atoms with Gasteiger partial charge in [-0.25, -0.2) is 4.39 Å². The van der Waals surface area contributed by atoms with E-state index in [1.54, 1.807) is 24.3 Å². The van der Waals surface area contributed by atoms with Crippen LogP contribution in [0.4, 0.5) is 10.1 Å². The van der Waals surface area contributed by atoms with Crippen LogP contribution in [0.15, 0.2) is 82.4 Å². The van der Waals surface area contributed by atoms with Crippen LogP contribution in [0, 0.1) is 5.82 Å². The molecule has 1 aliphatic rings. The summed E-state index contributed by atoms with van der Waals surface area (Å²) in [5.41, 5.74) is 3.42. The van der Waals surface area contributed by atoms with E-state index in [0.29, 0.717) is 12.0 Å². The number of phenolic OH excluding ortho intramolecular Hbond substituents is 1. The van der Waals surface area contributed by atoms with E-state index < -0.39 is 0 Å². The first kappa shape index (κ1) is 16.8. The molecular weight excluding hydrogens is 395 g/mol. The van der Waals surface area contributed by atoms with Gasteiger partial charge in [-0.1, -0.05) is 46.3 Å². The standard InChI is InChI=1S/C21H16BrFN2O/c22-15-8-11-21(26)18(12-15)19-13-20(14-6-9-16(23)10-7-14)25(24-19)17-4-2-1-3-5-17/h1-12,20,26H,13H2. The maximum absolute atomic E-state index is 13.4. The second-order valence-electron chi connectivity index (χ2n) is 6.16. The lowest BCUT2D eigenvalue weighted by molar-refractivity contribution is 0.474. The van der Waals surface area contributed by atoms with Gasteiger partial charge in [0.15, 0.2) is 0 Å². The largest absolute Gasteiger partial charge is 0.507 e. The fourth-order valence-corrected chi connectivity index (χ4v) is 3.54. The first-order valence-electron chi connectivity index (χ1n) is 8.28. The van der Waals surface area contributed by atoms with E-state index in [2.05, 4.69) is 15.9 Å². The maximum atomic E-state index is 13.4. The summed E-state index contributed by atoms with van der Waals surface area (Å²) in [4.78, 5) is 0. The molecule has 0 radical (unpaired) electrons. The molecule has 5 heteroatoms. The third-order valence-electron chi connectivity index (χ3n) is 4.46. The number of benzene rings is 3. The molecule has 1 atom stereocenters. The molecule has 1 N–H and O–H groups in total. The molecular formula is C21H16BrFN2O. The highest BCUT2D eigenvalue weighted by Gasteiger charge is 2.31. The number of aromatic hydroxyl groups is 1. The molecule has 0 fully saturated rings. The number of hydrazone groups is 1. The monoisotopic (exact) mass is 410 g/mol. The van der Waals surface area contributed by atoms with Crippen LogP contribution in [0.1, 0.15) is 23.6 Å². The Morgan fingerprint density at radius 3 is 2.46 bits per heavy atom. The summed E-state index contributed by atoms with van der Waals surface area (Å²) in [5, 5.41) is 17.0. The van der Waals surface area contributed by atoms with Gasteiger partial charge in [-0.05, 0) is 48.0 Å². The fraction of sp³-hybridized carbons (Fsp3) is 0.0952. The van der Waals surface area contributed by atoms with Crippen LogP contribution in [0.25, 0.3) is 0 Å². The molecule has 0 amide bonds. The Labute approximate surface area is 159 Å². The SMILES string of the molecule is Oc1ccc(Br)cc1C1=NN(c2ccccc2)C(c2ccc(F)cc2)C1. The van der Waals surface area contributed by atoms with E-state index in [0.717, 1.165) is 21.4 Å². The maximum Gasteiger partial charge on any atom is 0.124 e. The summed E-state index contributed by atoms with van der Waals surface area (Å²) in [7, 11) is 0. The first-order chi connectivity index (χ1) is 12.6. The van der Waals surface area contributed by atoms with Crippen molar-refractivity contribution in [3.05, 3.63) is 94.2 Å². The Morgan fingerprint density at radius 1 is 1.00 bits per heavy atom. The number of anilines is 1. The number of hydrogen-bond donors (Lipinski definition) is 1. The minimum absolute atomic E-state index is 0.0635. The van der Waals surface area contributed by atoms with Gasteiger partial charge in [0.1, 0.15) is 11.6 Å². The van der Waals surface area contributed by atoms with Crippen molar-refractivity contribution >= 4 is 27.3 Å². The Hall–Kier alpha value is -2.66. The molecule has 3 nitrogen and oxygen atoms in total. The smallest absolute Gasteiger partial charge is 0.124 e. The predicted molar refractivity (Wildman–Crippen MR) is 105 cm³/mol. The van der Waals surface area contributed by atoms with Crippen molar-refractivity contribution in [2.45, 2.75) is 12.5 Å². The molecule has 130 valence electrons. The number of nitrogens with zero attached hydrogens (tertiary/aromatic N) is 2. The van der Waals surface area contributed by atoms with Crippen molar-refractivity contribution in [1.82, 2.24) is 0 Å². The van der Waals surface area contributed by atoms with Crippen LogP contribution in [0.5, 0.6) is 5.75 Å². The van der Waals surface area contributed by atoms with E-state index in [1.165, 1.54) is 12.1 Å². The minimum Gasteiger partial charge on any atom is -0.507 e. The van der Waals surface area contributed by atoms with Gasteiger partial charge in [-0.3, -0.25) is 5.01 Å². The summed E-state index contributed by atoms with van der Waals surface area (Å²) >= 11 is 3.45. The molecule has 1 heterocycles. The third-order valence-corrected chi connectivity index (χ3v) is 4.95. The molecule has 1 aliphatic heterocycles. The lowest BCUT2D eigenvalue weighted by Crippen LogP contribution is -2.18. The van der Waals surface area contributed by atoms with Crippen LogP contribution in [-0.4, -0.2) is 10.8 Å². The van der Waals surface area contributed by atoms with Gasteiger partial charge < -0.3 is 5.11 Å². The molecule has 1 unspecified atom stereocenters. The Morgan fingerprint density at radius 2 is 1.73 bits per heavy atom. The summed E-state index contributed by atoms with van der Waals surface area (Å²) in [6.07, 6.45) is 0.616. The number of halogens is 2. The zero-order chi connectivity index (χ0) is 18.1. The Kier molecular flexibility index (Phi) is 4.47. The lowest BCUT2D eigenvalue weighted by Gasteiger charge is -2.23. The van der Waals surface area contributed by atoms with Crippen molar-refractivity contribution in [2.24, 2.45) is 5.10 Å². The van der Waals surface area contributed by atoms with Gasteiger partial charge in [-0.15, -0.1) is 0 Å². The predicted octanol–water partition coefficient (Wildman–Crippen LogP) is 5.65. The summed E-state index contributed by atoms with van der Waals surface area (Å²) in [6.45, 7) is 0. The van der Waals surface area contributed by atoms with Crippen LogP contribution in [0.3, 0.4) is 0 Å². The van der Waals surface area contributed by atoms with Gasteiger partial charge in [0.25, 0.3) is 0 Å². The van der Waals surface area contributed by atoms with Gasteiger partial charge in [0.2, 0.25) is 0 Å². The van der Waals surface area contributed by atoms with Crippen LogP contribution < -0.4 is 5.01 Å². The molecule has 3 aromatic rings. The van der Waals surface area contributed by atoms with Crippen LogP contribution in [-0.2, 0) is 0 Å². The second-order valence-corrected chi connectivity index (χ2v) is 7.08. The van der Waals surface area contributed by atoms with Crippen molar-refractivity contribution in [3.63, 3.8) is 0 Å². The average molecular weight is 411 g/mol. The van der Waals surface area contributed by atoms with Gasteiger partial charge >= 0.3 is 0 Å². The molecule has 0 saturated heterocycles.